The van der Waals surface area contributed by atoms with Crippen LogP contribution in [0.1, 0.15) is 16.1 Å². The number of aromatic nitrogens is 1. The molecule has 2 N–H and O–H groups in total. The van der Waals surface area contributed by atoms with Crippen LogP contribution in [-0.2, 0) is 0 Å². The van der Waals surface area contributed by atoms with Crippen LogP contribution in [0.15, 0.2) is 18.3 Å². The lowest BCUT2D eigenvalue weighted by Crippen LogP contribution is -2.34. The second kappa shape index (κ2) is 4.84. The minimum Gasteiger partial charge on any atom is -0.392 e. The quantitative estimate of drug-likeness (QED) is 0.768. The number of rotatable bonds is 3. The van der Waals surface area contributed by atoms with E-state index < -0.39 is 0 Å². The Morgan fingerprint density at radius 3 is 2.87 bits per heavy atom. The molecule has 0 aliphatic rings. The van der Waals surface area contributed by atoms with Crippen molar-refractivity contribution in [2.75, 3.05) is 13.6 Å². The zero-order valence-corrected chi connectivity index (χ0v) is 9.54. The lowest BCUT2D eigenvalue weighted by Gasteiger charge is -2.16. The number of carbonyl (C=O) groups is 1. The Morgan fingerprint density at radius 1 is 1.67 bits per heavy atom. The highest BCUT2D eigenvalue weighted by Crippen LogP contribution is 2.04. The predicted molar refractivity (Wildman–Crippen MR) is 62.7 cm³/mol. The third-order valence-corrected chi connectivity index (χ3v) is 2.01. The fourth-order valence-electron chi connectivity index (χ4n) is 1.20. The van der Waals surface area contributed by atoms with Gasteiger partial charge in [0.1, 0.15) is 0 Å². The van der Waals surface area contributed by atoms with Gasteiger partial charge in [0.05, 0.1) is 11.5 Å². The van der Waals surface area contributed by atoms with Crippen LogP contribution in [-0.4, -0.2) is 34.4 Å². The summed E-state index contributed by atoms with van der Waals surface area (Å²) in [6.07, 6.45) is 1.61. The highest BCUT2D eigenvalue weighted by molar-refractivity contribution is 7.80. The molecule has 1 aromatic rings. The van der Waals surface area contributed by atoms with Crippen molar-refractivity contribution in [2.24, 2.45) is 5.73 Å². The Bertz CT molecular complexity index is 392. The largest absolute Gasteiger partial charge is 0.392 e. The van der Waals surface area contributed by atoms with E-state index in [0.717, 1.165) is 5.69 Å². The molecule has 1 heterocycles. The third kappa shape index (κ3) is 3.28. The van der Waals surface area contributed by atoms with Gasteiger partial charge in [-0.1, -0.05) is 12.2 Å². The van der Waals surface area contributed by atoms with Crippen LogP contribution in [0.25, 0.3) is 0 Å². The SMILES string of the molecule is Cc1cc(C(=O)N(C)CC(N)=S)ccn1. The molecule has 0 radical (unpaired) electrons. The molecule has 0 atom stereocenters. The molecule has 0 unspecified atom stereocenters. The van der Waals surface area contributed by atoms with Crippen LogP contribution in [0.3, 0.4) is 0 Å². The van der Waals surface area contributed by atoms with Gasteiger partial charge < -0.3 is 10.6 Å². The first-order valence-electron chi connectivity index (χ1n) is 4.47. The molecule has 0 saturated heterocycles. The predicted octanol–water partition coefficient (Wildman–Crippen LogP) is 0.748. The van der Waals surface area contributed by atoms with E-state index in [0.29, 0.717) is 10.6 Å². The summed E-state index contributed by atoms with van der Waals surface area (Å²) in [4.78, 5) is 17.6. The summed E-state index contributed by atoms with van der Waals surface area (Å²) < 4.78 is 0. The Balaban J connectivity index is 2.80. The van der Waals surface area contributed by atoms with E-state index in [4.69, 9.17) is 18.0 Å². The first-order chi connectivity index (χ1) is 7.00. The Hall–Kier alpha value is -1.49. The van der Waals surface area contributed by atoms with Crippen molar-refractivity contribution in [3.8, 4) is 0 Å². The van der Waals surface area contributed by atoms with Crippen LogP contribution >= 0.6 is 12.2 Å². The fraction of sp³-hybridized carbons (Fsp3) is 0.300. The minimum absolute atomic E-state index is 0.103. The number of thiocarbonyl (C=S) groups is 1. The summed E-state index contributed by atoms with van der Waals surface area (Å²) in [7, 11) is 1.66. The van der Waals surface area contributed by atoms with Gasteiger partial charge in [-0.05, 0) is 19.1 Å². The van der Waals surface area contributed by atoms with Crippen molar-refractivity contribution in [3.05, 3.63) is 29.6 Å². The number of pyridine rings is 1. The summed E-state index contributed by atoms with van der Waals surface area (Å²) in [5, 5.41) is 0. The number of hydrogen-bond donors (Lipinski definition) is 1. The molecule has 15 heavy (non-hydrogen) atoms. The van der Waals surface area contributed by atoms with Crippen molar-refractivity contribution in [3.63, 3.8) is 0 Å². The fourth-order valence-corrected chi connectivity index (χ4v) is 1.40. The van der Waals surface area contributed by atoms with E-state index in [1.54, 1.807) is 25.4 Å². The first-order valence-corrected chi connectivity index (χ1v) is 4.88. The molecule has 1 amide bonds. The van der Waals surface area contributed by atoms with Crippen LogP contribution in [0.4, 0.5) is 0 Å². The van der Waals surface area contributed by atoms with E-state index in [2.05, 4.69) is 4.98 Å². The van der Waals surface area contributed by atoms with Gasteiger partial charge in [0, 0.05) is 24.5 Å². The average Bonchev–Trinajstić information content (AvgIpc) is 2.15. The highest BCUT2D eigenvalue weighted by Gasteiger charge is 2.11. The van der Waals surface area contributed by atoms with E-state index >= 15 is 0 Å². The van der Waals surface area contributed by atoms with Gasteiger partial charge in [-0.3, -0.25) is 9.78 Å². The van der Waals surface area contributed by atoms with Crippen molar-refractivity contribution in [2.45, 2.75) is 6.92 Å². The molecular weight excluding hydrogens is 210 g/mol. The maximum absolute atomic E-state index is 11.8. The van der Waals surface area contributed by atoms with Crippen LogP contribution in [0.2, 0.25) is 0 Å². The number of carbonyl (C=O) groups excluding carboxylic acids is 1. The summed E-state index contributed by atoms with van der Waals surface area (Å²) in [5.74, 6) is -0.103. The second-order valence-corrected chi connectivity index (χ2v) is 3.84. The zero-order chi connectivity index (χ0) is 11.4. The van der Waals surface area contributed by atoms with E-state index in [1.807, 2.05) is 6.92 Å². The van der Waals surface area contributed by atoms with Crippen molar-refractivity contribution < 1.29 is 4.79 Å². The maximum atomic E-state index is 11.8. The highest BCUT2D eigenvalue weighted by atomic mass is 32.1. The van der Waals surface area contributed by atoms with Crippen molar-refractivity contribution >= 4 is 23.1 Å². The van der Waals surface area contributed by atoms with Gasteiger partial charge in [-0.25, -0.2) is 0 Å². The number of nitrogens with zero attached hydrogens (tertiary/aromatic N) is 2. The average molecular weight is 223 g/mol. The van der Waals surface area contributed by atoms with Gasteiger partial charge in [0.15, 0.2) is 0 Å². The normalized spacial score (nSPS) is 9.73. The van der Waals surface area contributed by atoms with Crippen LogP contribution in [0.5, 0.6) is 0 Å². The molecule has 0 bridgehead atoms. The summed E-state index contributed by atoms with van der Waals surface area (Å²) in [6, 6.07) is 3.41. The molecular formula is C10H13N3OS. The lowest BCUT2D eigenvalue weighted by molar-refractivity contribution is 0.0815. The maximum Gasteiger partial charge on any atom is 0.254 e. The number of nitrogens with two attached hydrogens (primary N) is 1. The zero-order valence-electron chi connectivity index (χ0n) is 8.73. The Morgan fingerprint density at radius 2 is 2.33 bits per heavy atom. The van der Waals surface area contributed by atoms with Crippen molar-refractivity contribution in [1.29, 1.82) is 0 Å². The van der Waals surface area contributed by atoms with Gasteiger partial charge in [-0.15, -0.1) is 0 Å². The standard InChI is InChI=1S/C10H13N3OS/c1-7-5-8(3-4-12-7)10(14)13(2)6-9(11)15/h3-5H,6H2,1-2H3,(H2,11,15). The molecule has 80 valence electrons. The van der Waals surface area contributed by atoms with E-state index in [9.17, 15) is 4.79 Å². The minimum atomic E-state index is -0.103. The molecule has 0 spiro atoms. The molecule has 1 rings (SSSR count). The molecule has 0 saturated carbocycles. The second-order valence-electron chi connectivity index (χ2n) is 3.31. The molecule has 5 heteroatoms. The summed E-state index contributed by atoms with van der Waals surface area (Å²) in [5.41, 5.74) is 6.77. The summed E-state index contributed by atoms with van der Waals surface area (Å²) in [6.45, 7) is 2.12. The number of amides is 1. The number of aryl methyl sites for hydroxylation is 1. The first kappa shape index (κ1) is 11.6. The smallest absolute Gasteiger partial charge is 0.254 e. The van der Waals surface area contributed by atoms with Gasteiger partial charge in [-0.2, -0.15) is 0 Å². The molecule has 0 fully saturated rings. The molecule has 0 aliphatic carbocycles. The van der Waals surface area contributed by atoms with Crippen molar-refractivity contribution in [1.82, 2.24) is 9.88 Å². The Kier molecular flexibility index (Phi) is 3.74. The third-order valence-electron chi connectivity index (χ3n) is 1.88. The molecule has 0 aromatic carbocycles. The Labute approximate surface area is 94.1 Å². The van der Waals surface area contributed by atoms with Crippen LogP contribution < -0.4 is 5.73 Å². The van der Waals surface area contributed by atoms with Crippen LogP contribution in [0, 0.1) is 6.92 Å². The van der Waals surface area contributed by atoms with E-state index in [-0.39, 0.29) is 12.5 Å². The van der Waals surface area contributed by atoms with Gasteiger partial charge >= 0.3 is 0 Å². The monoisotopic (exact) mass is 223 g/mol. The topological polar surface area (TPSA) is 59.2 Å². The summed E-state index contributed by atoms with van der Waals surface area (Å²) >= 11 is 4.74. The number of likely N-dealkylation sites (N-methyl/N-ethyl adjacent to an activating group) is 1. The van der Waals surface area contributed by atoms with Gasteiger partial charge in [0.2, 0.25) is 0 Å². The molecule has 1 aromatic heterocycles. The number of hydrogen-bond acceptors (Lipinski definition) is 3. The van der Waals surface area contributed by atoms with E-state index in [1.165, 1.54) is 4.90 Å². The molecule has 4 nitrogen and oxygen atoms in total. The lowest BCUT2D eigenvalue weighted by atomic mass is 10.2. The molecule has 0 aliphatic heterocycles. The van der Waals surface area contributed by atoms with Gasteiger partial charge in [0.25, 0.3) is 5.91 Å².